The summed E-state index contributed by atoms with van der Waals surface area (Å²) in [6, 6.07) is 15.6. The third kappa shape index (κ3) is 2.68. The highest BCUT2D eigenvalue weighted by molar-refractivity contribution is 8.27. The molecule has 1 amide bonds. The molecule has 130 valence electrons. The molecule has 2 aromatic carbocycles. The largest absolute Gasteiger partial charge is 0.497 e. The number of nitrogens with zero attached hydrogens (tertiary/aromatic N) is 2. The first kappa shape index (κ1) is 16.5. The highest BCUT2D eigenvalue weighted by Gasteiger charge is 2.35. The molecule has 2 heterocycles. The number of carbonyl (C=O) groups is 2. The van der Waals surface area contributed by atoms with Gasteiger partial charge >= 0.3 is 0 Å². The molecule has 4 rings (SSSR count). The minimum Gasteiger partial charge on any atom is -0.497 e. The number of ether oxygens (including phenoxy) is 1. The van der Waals surface area contributed by atoms with Crippen LogP contribution in [0.2, 0.25) is 0 Å². The average molecular weight is 364 g/mol. The number of anilines is 1. The normalized spacial score (nSPS) is 14.5. The van der Waals surface area contributed by atoms with Gasteiger partial charge in [-0.2, -0.15) is 0 Å². The third-order valence-electron chi connectivity index (χ3n) is 4.39. The molecule has 5 nitrogen and oxygen atoms in total. The molecule has 0 saturated carbocycles. The molecule has 1 fully saturated rings. The van der Waals surface area contributed by atoms with Gasteiger partial charge in [0, 0.05) is 29.9 Å². The zero-order valence-corrected chi connectivity index (χ0v) is 15.0. The minimum absolute atomic E-state index is 0.202. The van der Waals surface area contributed by atoms with E-state index in [9.17, 15) is 9.59 Å². The Morgan fingerprint density at radius 1 is 1.12 bits per heavy atom. The van der Waals surface area contributed by atoms with Crippen molar-refractivity contribution in [1.29, 1.82) is 0 Å². The van der Waals surface area contributed by atoms with Gasteiger partial charge in [0.1, 0.15) is 5.75 Å². The van der Waals surface area contributed by atoms with Gasteiger partial charge in [-0.05, 0) is 35.9 Å². The molecule has 6 heteroatoms. The van der Waals surface area contributed by atoms with Crippen LogP contribution in [0.25, 0.3) is 10.9 Å². The lowest BCUT2D eigenvalue weighted by atomic mass is 10.2. The Balaban J connectivity index is 1.75. The van der Waals surface area contributed by atoms with E-state index in [0.29, 0.717) is 24.0 Å². The van der Waals surface area contributed by atoms with E-state index in [0.717, 1.165) is 22.2 Å². The molecule has 0 N–H and O–H groups in total. The third-order valence-corrected chi connectivity index (χ3v) is 5.16. The minimum atomic E-state index is -0.312. The molecule has 0 atom stereocenters. The maximum atomic E-state index is 12.2. The van der Waals surface area contributed by atoms with Crippen LogP contribution in [0.3, 0.4) is 0 Å². The summed E-state index contributed by atoms with van der Waals surface area (Å²) in [6.45, 7) is 4.43. The van der Waals surface area contributed by atoms with Gasteiger partial charge in [0.25, 0.3) is 5.24 Å². The quantitative estimate of drug-likeness (QED) is 0.644. The van der Waals surface area contributed by atoms with Crippen molar-refractivity contribution in [2.24, 2.45) is 0 Å². The molecule has 1 aromatic heterocycles. The molecule has 1 aliphatic heterocycles. The van der Waals surface area contributed by atoms with Crippen molar-refractivity contribution in [3.05, 3.63) is 72.6 Å². The summed E-state index contributed by atoms with van der Waals surface area (Å²) in [5.74, 6) is 0.814. The number of hydrogen-bond acceptors (Lipinski definition) is 4. The van der Waals surface area contributed by atoms with Crippen molar-refractivity contribution < 1.29 is 14.3 Å². The van der Waals surface area contributed by atoms with Gasteiger partial charge in [-0.3, -0.25) is 14.5 Å². The second-order valence-electron chi connectivity index (χ2n) is 5.94. The molecule has 1 aliphatic rings. The topological polar surface area (TPSA) is 51.5 Å². The maximum Gasteiger partial charge on any atom is 0.298 e. The van der Waals surface area contributed by atoms with E-state index in [4.69, 9.17) is 4.74 Å². The Hall–Kier alpha value is -2.99. The Morgan fingerprint density at radius 3 is 2.65 bits per heavy atom. The number of fused-ring (bicyclic) bond motifs is 1. The van der Waals surface area contributed by atoms with Crippen LogP contribution in [0.5, 0.6) is 5.75 Å². The van der Waals surface area contributed by atoms with Crippen LogP contribution in [0, 0.1) is 0 Å². The van der Waals surface area contributed by atoms with Crippen molar-refractivity contribution in [1.82, 2.24) is 4.57 Å². The predicted octanol–water partition coefficient (Wildman–Crippen LogP) is 4.41. The number of rotatable bonds is 4. The van der Waals surface area contributed by atoms with Crippen LogP contribution in [0.1, 0.15) is 5.56 Å². The summed E-state index contributed by atoms with van der Waals surface area (Å²) in [4.78, 5) is 25.4. The van der Waals surface area contributed by atoms with Gasteiger partial charge in [0.05, 0.1) is 24.0 Å². The first-order valence-corrected chi connectivity index (χ1v) is 8.86. The summed E-state index contributed by atoms with van der Waals surface area (Å²) in [5, 5.41) is 0.288. The smallest absolute Gasteiger partial charge is 0.298 e. The molecule has 0 bridgehead atoms. The van der Waals surface area contributed by atoms with E-state index in [1.165, 1.54) is 4.90 Å². The van der Waals surface area contributed by atoms with Gasteiger partial charge < -0.3 is 9.30 Å². The zero-order valence-electron chi connectivity index (χ0n) is 14.1. The van der Waals surface area contributed by atoms with E-state index in [2.05, 4.69) is 11.1 Å². The Morgan fingerprint density at radius 2 is 1.92 bits per heavy atom. The summed E-state index contributed by atoms with van der Waals surface area (Å²) < 4.78 is 7.39. The fraction of sp³-hybridized carbons (Fsp3) is 0.100. The molecular formula is C20H16N2O3S. The predicted molar refractivity (Wildman–Crippen MR) is 104 cm³/mol. The van der Waals surface area contributed by atoms with Crippen LogP contribution >= 0.6 is 11.8 Å². The number of thioether (sulfide) groups is 1. The van der Waals surface area contributed by atoms with Crippen LogP contribution in [-0.4, -0.2) is 22.0 Å². The lowest BCUT2D eigenvalue weighted by Gasteiger charge is -2.16. The van der Waals surface area contributed by atoms with Gasteiger partial charge in [-0.15, -0.1) is 0 Å². The lowest BCUT2D eigenvalue weighted by Crippen LogP contribution is -2.20. The first-order valence-electron chi connectivity index (χ1n) is 8.04. The number of methoxy groups -OCH3 is 1. The number of aromatic nitrogens is 1. The van der Waals surface area contributed by atoms with Crippen molar-refractivity contribution in [2.75, 3.05) is 12.0 Å². The van der Waals surface area contributed by atoms with E-state index in [-0.39, 0.29) is 16.1 Å². The lowest BCUT2D eigenvalue weighted by molar-refractivity contribution is -0.107. The van der Waals surface area contributed by atoms with E-state index in [1.54, 1.807) is 7.11 Å². The highest BCUT2D eigenvalue weighted by Crippen LogP contribution is 2.37. The van der Waals surface area contributed by atoms with Crippen LogP contribution in [0.4, 0.5) is 10.5 Å². The Labute approximate surface area is 154 Å². The number of benzene rings is 2. The molecule has 0 unspecified atom stereocenters. The standard InChI is InChI=1S/C20H16N2O3S/c1-13-19(23)26-20(24)22(13)18-8-4-7-17-16(18)9-10-21(17)12-14-5-3-6-15(11-14)25-2/h3-11H,1,12H2,2H3. The van der Waals surface area contributed by atoms with E-state index < -0.39 is 0 Å². The molecule has 1 saturated heterocycles. The fourth-order valence-corrected chi connectivity index (χ4v) is 3.80. The van der Waals surface area contributed by atoms with Crippen LogP contribution in [-0.2, 0) is 11.3 Å². The summed E-state index contributed by atoms with van der Waals surface area (Å²) in [6.07, 6.45) is 1.98. The Kier molecular flexibility index (Phi) is 4.05. The molecular weight excluding hydrogens is 348 g/mol. The number of hydrogen-bond donors (Lipinski definition) is 0. The summed E-state index contributed by atoms with van der Waals surface area (Å²) >= 11 is 0.681. The van der Waals surface area contributed by atoms with Crippen molar-refractivity contribution in [3.8, 4) is 5.75 Å². The monoisotopic (exact) mass is 364 g/mol. The maximum absolute atomic E-state index is 12.2. The first-order chi connectivity index (χ1) is 12.6. The second kappa shape index (κ2) is 6.38. The van der Waals surface area contributed by atoms with Crippen molar-refractivity contribution in [3.63, 3.8) is 0 Å². The zero-order chi connectivity index (χ0) is 18.3. The molecule has 0 radical (unpaired) electrons. The molecule has 3 aromatic rings. The number of carbonyl (C=O) groups excluding carboxylic acids is 2. The van der Waals surface area contributed by atoms with Crippen LogP contribution in [0.15, 0.2) is 67.0 Å². The molecule has 26 heavy (non-hydrogen) atoms. The van der Waals surface area contributed by atoms with Gasteiger partial charge in [0.15, 0.2) is 0 Å². The van der Waals surface area contributed by atoms with E-state index >= 15 is 0 Å². The fourth-order valence-electron chi connectivity index (χ4n) is 3.14. The van der Waals surface area contributed by atoms with Gasteiger partial charge in [-0.25, -0.2) is 0 Å². The molecule has 0 aliphatic carbocycles. The van der Waals surface area contributed by atoms with E-state index in [1.807, 2.05) is 54.7 Å². The molecule has 0 spiro atoms. The average Bonchev–Trinajstić information content (AvgIpc) is 3.16. The van der Waals surface area contributed by atoms with Gasteiger partial charge in [0.2, 0.25) is 5.12 Å². The highest BCUT2D eigenvalue weighted by atomic mass is 32.2. The van der Waals surface area contributed by atoms with Crippen molar-refractivity contribution >= 4 is 38.7 Å². The van der Waals surface area contributed by atoms with Gasteiger partial charge in [-0.1, -0.05) is 24.8 Å². The summed E-state index contributed by atoms with van der Waals surface area (Å²) in [5.41, 5.74) is 2.98. The van der Waals surface area contributed by atoms with Crippen molar-refractivity contribution in [2.45, 2.75) is 6.54 Å². The van der Waals surface area contributed by atoms with Crippen LogP contribution < -0.4 is 9.64 Å². The second-order valence-corrected chi connectivity index (χ2v) is 6.87. The Bertz CT molecular complexity index is 1050. The SMILES string of the molecule is C=C1C(=O)SC(=O)N1c1cccc2c1ccn2Cc1cccc(OC)c1. The number of amides is 1. The summed E-state index contributed by atoms with van der Waals surface area (Å²) in [7, 11) is 1.65.